The van der Waals surface area contributed by atoms with E-state index in [2.05, 4.69) is 10.0 Å². The third-order valence-corrected chi connectivity index (χ3v) is 6.64. The molecule has 2 heterocycles. The lowest BCUT2D eigenvalue weighted by Gasteiger charge is -2.21. The number of sulfonamides is 1. The van der Waals surface area contributed by atoms with Gasteiger partial charge in [0.05, 0.1) is 16.8 Å². The molecular weight excluding hydrogens is 384 g/mol. The molecule has 0 bridgehead atoms. The Hall–Kier alpha value is -1.61. The Labute approximate surface area is 155 Å². The van der Waals surface area contributed by atoms with Crippen molar-refractivity contribution in [1.29, 1.82) is 0 Å². The maximum atomic E-state index is 12.8. The molecule has 2 aromatic rings. The van der Waals surface area contributed by atoms with E-state index in [4.69, 9.17) is 16.3 Å². The Kier molecular flexibility index (Phi) is 5.33. The summed E-state index contributed by atoms with van der Waals surface area (Å²) in [7, 11) is -3.85. The number of amides is 1. The highest BCUT2D eigenvalue weighted by molar-refractivity contribution is 7.89. The second kappa shape index (κ2) is 7.33. The number of carbonyl (C=O) groups excluding carboxylic acids is 1. The lowest BCUT2D eigenvalue weighted by molar-refractivity contribution is -0.118. The number of fused-ring (bicyclic) bond motifs is 1. The highest BCUT2D eigenvalue weighted by atomic mass is 35.5. The topological polar surface area (TPSA) is 84.5 Å². The number of rotatable bonds is 6. The molecular formula is C16H17ClN2O4S2. The zero-order valence-electron chi connectivity index (χ0n) is 13.4. The smallest absolute Gasteiger partial charge is 0.262 e. The van der Waals surface area contributed by atoms with Crippen LogP contribution in [-0.2, 0) is 14.8 Å². The van der Waals surface area contributed by atoms with Crippen molar-refractivity contribution in [3.63, 3.8) is 0 Å². The number of anilines is 1. The minimum absolute atomic E-state index is 0.0264. The van der Waals surface area contributed by atoms with Gasteiger partial charge >= 0.3 is 0 Å². The zero-order chi connectivity index (χ0) is 18.0. The van der Waals surface area contributed by atoms with Gasteiger partial charge in [0.2, 0.25) is 10.0 Å². The second-order valence-corrected chi connectivity index (χ2v) is 8.66. The number of hydrogen-bond acceptors (Lipinski definition) is 5. The maximum Gasteiger partial charge on any atom is 0.262 e. The van der Waals surface area contributed by atoms with E-state index in [9.17, 15) is 13.2 Å². The molecule has 134 valence electrons. The van der Waals surface area contributed by atoms with Crippen molar-refractivity contribution in [1.82, 2.24) is 4.72 Å². The van der Waals surface area contributed by atoms with Crippen molar-refractivity contribution in [3.05, 3.63) is 39.5 Å². The van der Waals surface area contributed by atoms with Crippen LogP contribution in [0.3, 0.4) is 0 Å². The van der Waals surface area contributed by atoms with Crippen LogP contribution >= 0.6 is 22.9 Å². The zero-order valence-corrected chi connectivity index (χ0v) is 15.8. The molecule has 0 unspecified atom stereocenters. The predicted molar refractivity (Wildman–Crippen MR) is 97.9 cm³/mol. The average Bonchev–Trinajstić information content (AvgIpc) is 3.07. The van der Waals surface area contributed by atoms with Gasteiger partial charge in [-0.25, -0.2) is 13.1 Å². The van der Waals surface area contributed by atoms with Gasteiger partial charge < -0.3 is 10.1 Å². The van der Waals surface area contributed by atoms with Crippen LogP contribution in [0, 0.1) is 0 Å². The lowest BCUT2D eigenvalue weighted by Crippen LogP contribution is -2.29. The molecule has 1 aromatic heterocycles. The van der Waals surface area contributed by atoms with Crippen molar-refractivity contribution < 1.29 is 17.9 Å². The van der Waals surface area contributed by atoms with Crippen LogP contribution in [0.15, 0.2) is 34.5 Å². The highest BCUT2D eigenvalue weighted by Crippen LogP contribution is 2.36. The molecule has 1 atom stereocenters. The van der Waals surface area contributed by atoms with Gasteiger partial charge in [-0.15, -0.1) is 11.3 Å². The Morgan fingerprint density at radius 2 is 2.24 bits per heavy atom. The molecule has 3 rings (SSSR count). The molecule has 0 radical (unpaired) electrons. The van der Waals surface area contributed by atoms with E-state index >= 15 is 0 Å². The van der Waals surface area contributed by atoms with Crippen molar-refractivity contribution in [3.8, 4) is 5.75 Å². The summed E-state index contributed by atoms with van der Waals surface area (Å²) in [5, 5.41) is 4.54. The van der Waals surface area contributed by atoms with Crippen molar-refractivity contribution in [2.24, 2.45) is 0 Å². The van der Waals surface area contributed by atoms with E-state index in [0.717, 1.165) is 11.3 Å². The Balaban J connectivity index is 1.93. The average molecular weight is 401 g/mol. The molecule has 6 nitrogen and oxygen atoms in total. The molecule has 0 fully saturated rings. The summed E-state index contributed by atoms with van der Waals surface area (Å²) in [6.07, 6.45) is 1.51. The number of benzene rings is 1. The van der Waals surface area contributed by atoms with Crippen LogP contribution in [0.1, 0.15) is 30.7 Å². The van der Waals surface area contributed by atoms with Gasteiger partial charge in [-0.1, -0.05) is 31.0 Å². The Bertz CT molecular complexity index is 882. The molecule has 2 N–H and O–H groups in total. The summed E-state index contributed by atoms with van der Waals surface area (Å²) >= 11 is 7.66. The molecule has 0 aliphatic carbocycles. The van der Waals surface area contributed by atoms with Gasteiger partial charge in [-0.3, -0.25) is 4.79 Å². The Morgan fingerprint density at radius 1 is 1.44 bits per heavy atom. The second-order valence-electron chi connectivity index (χ2n) is 5.59. The molecule has 1 aliphatic rings. The minimum atomic E-state index is -3.85. The first-order valence-corrected chi connectivity index (χ1v) is 10.5. The van der Waals surface area contributed by atoms with Crippen molar-refractivity contribution >= 4 is 44.6 Å². The largest absolute Gasteiger partial charge is 0.482 e. The van der Waals surface area contributed by atoms with Gasteiger partial charge in [-0.2, -0.15) is 0 Å². The summed E-state index contributed by atoms with van der Waals surface area (Å²) in [6, 6.07) is 6.21. The summed E-state index contributed by atoms with van der Waals surface area (Å²) in [5.74, 6) is -0.0226. The fraction of sp³-hybridized carbons (Fsp3) is 0.312. The van der Waals surface area contributed by atoms with Crippen molar-refractivity contribution in [2.45, 2.75) is 30.7 Å². The number of thiophene rings is 1. The predicted octanol–water partition coefficient (Wildman–Crippen LogP) is 3.55. The first-order valence-electron chi connectivity index (χ1n) is 7.72. The third-order valence-electron chi connectivity index (χ3n) is 3.72. The number of carbonyl (C=O) groups is 1. The molecule has 1 amide bonds. The fourth-order valence-electron chi connectivity index (χ4n) is 2.58. The third kappa shape index (κ3) is 3.98. The number of nitrogens with one attached hydrogen (secondary N) is 2. The summed E-state index contributed by atoms with van der Waals surface area (Å²) in [5.41, 5.74) is 0.364. The van der Waals surface area contributed by atoms with Crippen LogP contribution in [0.25, 0.3) is 0 Å². The molecule has 0 saturated heterocycles. The Morgan fingerprint density at radius 3 is 2.92 bits per heavy atom. The summed E-state index contributed by atoms with van der Waals surface area (Å²) in [4.78, 5) is 12.2. The van der Waals surface area contributed by atoms with E-state index in [1.807, 2.05) is 24.4 Å². The first kappa shape index (κ1) is 18.2. The van der Waals surface area contributed by atoms with E-state index in [1.165, 1.54) is 23.5 Å². The number of ether oxygens (including phenoxy) is 1. The minimum Gasteiger partial charge on any atom is -0.482 e. The molecule has 1 aromatic carbocycles. The summed E-state index contributed by atoms with van der Waals surface area (Å²) < 4.78 is 33.7. The van der Waals surface area contributed by atoms with E-state index in [1.54, 1.807) is 0 Å². The van der Waals surface area contributed by atoms with Crippen LogP contribution in [-0.4, -0.2) is 20.9 Å². The van der Waals surface area contributed by atoms with Gasteiger partial charge in [0.1, 0.15) is 10.6 Å². The van der Waals surface area contributed by atoms with E-state index in [-0.39, 0.29) is 34.2 Å². The lowest BCUT2D eigenvalue weighted by atomic mass is 10.1. The SMILES string of the molecule is CCC[C@H](NS(=O)(=O)c1cc2c(cc1Cl)NC(=O)CO2)c1cccs1. The number of halogens is 1. The standard InChI is InChI=1S/C16H17ClN2O4S2/c1-2-4-11(14-5-3-6-24-14)19-25(21,22)15-8-13-12(7-10(15)17)18-16(20)9-23-13/h3,5-8,11,19H,2,4,9H2,1H3,(H,18,20)/t11-/m0/s1. The number of hydrogen-bond donors (Lipinski definition) is 2. The van der Waals surface area contributed by atoms with Gasteiger partial charge in [0, 0.05) is 10.9 Å². The van der Waals surface area contributed by atoms with Crippen LogP contribution in [0.4, 0.5) is 5.69 Å². The molecule has 9 heteroatoms. The monoisotopic (exact) mass is 400 g/mol. The van der Waals surface area contributed by atoms with Crippen LogP contribution < -0.4 is 14.8 Å². The van der Waals surface area contributed by atoms with Gasteiger partial charge in [0.25, 0.3) is 5.91 Å². The molecule has 25 heavy (non-hydrogen) atoms. The van der Waals surface area contributed by atoms with Crippen molar-refractivity contribution in [2.75, 3.05) is 11.9 Å². The fourth-order valence-corrected chi connectivity index (χ4v) is 5.26. The van der Waals surface area contributed by atoms with E-state index < -0.39 is 10.0 Å². The van der Waals surface area contributed by atoms with Gasteiger partial charge in [0.15, 0.2) is 6.61 Å². The van der Waals surface area contributed by atoms with Crippen LogP contribution in [0.5, 0.6) is 5.75 Å². The van der Waals surface area contributed by atoms with Crippen LogP contribution in [0.2, 0.25) is 5.02 Å². The highest BCUT2D eigenvalue weighted by Gasteiger charge is 2.27. The molecule has 0 spiro atoms. The molecule has 0 saturated carbocycles. The summed E-state index contributed by atoms with van der Waals surface area (Å²) in [6.45, 7) is 1.84. The molecule has 1 aliphatic heterocycles. The first-order chi connectivity index (χ1) is 11.9. The quantitative estimate of drug-likeness (QED) is 0.776. The van der Waals surface area contributed by atoms with Gasteiger partial charge in [-0.05, 0) is 23.9 Å². The van der Waals surface area contributed by atoms with E-state index in [0.29, 0.717) is 12.1 Å². The maximum absolute atomic E-state index is 12.8. The normalized spacial score (nSPS) is 15.2.